The molecule has 0 fully saturated rings. The van der Waals surface area contributed by atoms with E-state index in [9.17, 15) is 0 Å². The summed E-state index contributed by atoms with van der Waals surface area (Å²) in [6.45, 7) is 0. The van der Waals surface area contributed by atoms with Gasteiger partial charge in [-0.15, -0.1) is 0 Å². The monoisotopic (exact) mass is 315 g/mol. The summed E-state index contributed by atoms with van der Waals surface area (Å²) in [6, 6.07) is 12.3. The van der Waals surface area contributed by atoms with Crippen LogP contribution in [0.5, 0.6) is 0 Å². The van der Waals surface area contributed by atoms with Crippen molar-refractivity contribution in [3.63, 3.8) is 0 Å². The molecule has 0 aliphatic heterocycles. The average molecular weight is 315 g/mol. The minimum Gasteiger partial charge on any atom is -0.378 e. The fourth-order valence-electron chi connectivity index (χ4n) is 2.71. The Balaban J connectivity index is 1.86. The first-order chi connectivity index (χ1) is 11.7. The molecular formula is C19H17N5. The number of hydrogen-bond donors (Lipinski definition) is 0. The summed E-state index contributed by atoms with van der Waals surface area (Å²) in [4.78, 5) is 15.2. The van der Waals surface area contributed by atoms with E-state index >= 15 is 0 Å². The molecule has 3 heterocycles. The zero-order chi connectivity index (χ0) is 16.5. The third kappa shape index (κ3) is 2.50. The summed E-state index contributed by atoms with van der Waals surface area (Å²) in [5.74, 6) is 0. The van der Waals surface area contributed by atoms with Crippen molar-refractivity contribution in [1.82, 2.24) is 19.4 Å². The smallest absolute Gasteiger partial charge is 0.155 e. The first kappa shape index (κ1) is 14.4. The van der Waals surface area contributed by atoms with E-state index in [0.29, 0.717) is 0 Å². The van der Waals surface area contributed by atoms with Crippen LogP contribution >= 0.6 is 0 Å². The Morgan fingerprint density at radius 2 is 1.79 bits per heavy atom. The van der Waals surface area contributed by atoms with Gasteiger partial charge in [-0.2, -0.15) is 0 Å². The number of imidazole rings is 1. The molecule has 1 aromatic carbocycles. The number of hydrogen-bond acceptors (Lipinski definition) is 4. The number of aromatic nitrogens is 4. The van der Waals surface area contributed by atoms with Crippen molar-refractivity contribution in [1.29, 1.82) is 0 Å². The van der Waals surface area contributed by atoms with Crippen molar-refractivity contribution in [3.8, 4) is 22.5 Å². The lowest BCUT2D eigenvalue weighted by Gasteiger charge is -2.13. The molecule has 0 bridgehead atoms. The van der Waals surface area contributed by atoms with Crippen LogP contribution in [0, 0.1) is 0 Å². The van der Waals surface area contributed by atoms with Crippen LogP contribution in [0.4, 0.5) is 5.69 Å². The Morgan fingerprint density at radius 1 is 0.917 bits per heavy atom. The standard InChI is InChI=1S/C19H17N5/c1-23(2)16-7-3-5-14(9-16)18-11-22-19-12-21-17(13-24(18)19)15-6-4-8-20-10-15/h3-13H,1-2H3. The van der Waals surface area contributed by atoms with E-state index < -0.39 is 0 Å². The lowest BCUT2D eigenvalue weighted by Crippen LogP contribution is -2.08. The molecule has 118 valence electrons. The van der Waals surface area contributed by atoms with Gasteiger partial charge in [0.05, 0.1) is 23.8 Å². The Bertz CT molecular complexity index is 989. The maximum atomic E-state index is 4.50. The van der Waals surface area contributed by atoms with E-state index in [1.807, 2.05) is 44.8 Å². The van der Waals surface area contributed by atoms with Crippen LogP contribution in [0.2, 0.25) is 0 Å². The summed E-state index contributed by atoms with van der Waals surface area (Å²) in [5.41, 5.74) is 6.01. The Hall–Kier alpha value is -3.21. The number of benzene rings is 1. The van der Waals surface area contributed by atoms with Gasteiger partial charge in [-0.1, -0.05) is 12.1 Å². The van der Waals surface area contributed by atoms with E-state index in [2.05, 4.69) is 48.5 Å². The largest absolute Gasteiger partial charge is 0.378 e. The van der Waals surface area contributed by atoms with Gasteiger partial charge in [-0.05, 0) is 24.3 Å². The van der Waals surface area contributed by atoms with E-state index in [0.717, 1.165) is 33.8 Å². The molecule has 5 nitrogen and oxygen atoms in total. The normalized spacial score (nSPS) is 10.9. The lowest BCUT2D eigenvalue weighted by molar-refractivity contribution is 1.12. The maximum absolute atomic E-state index is 4.50. The van der Waals surface area contributed by atoms with Crippen molar-refractivity contribution in [2.75, 3.05) is 19.0 Å². The number of rotatable bonds is 3. The zero-order valence-electron chi connectivity index (χ0n) is 13.6. The number of fused-ring (bicyclic) bond motifs is 1. The molecule has 24 heavy (non-hydrogen) atoms. The second kappa shape index (κ2) is 5.77. The molecule has 0 atom stereocenters. The van der Waals surface area contributed by atoms with Crippen molar-refractivity contribution in [2.24, 2.45) is 0 Å². The second-order valence-corrected chi connectivity index (χ2v) is 5.83. The molecule has 0 amide bonds. The van der Waals surface area contributed by atoms with Gasteiger partial charge in [-0.25, -0.2) is 4.98 Å². The van der Waals surface area contributed by atoms with E-state index in [1.165, 1.54) is 0 Å². The number of nitrogens with zero attached hydrogens (tertiary/aromatic N) is 5. The highest BCUT2D eigenvalue weighted by Gasteiger charge is 2.09. The van der Waals surface area contributed by atoms with Gasteiger partial charge in [0, 0.05) is 49.5 Å². The SMILES string of the molecule is CN(C)c1cccc(-c2cnc3cnc(-c4cccnc4)cn23)c1. The lowest BCUT2D eigenvalue weighted by atomic mass is 10.1. The zero-order valence-corrected chi connectivity index (χ0v) is 13.6. The van der Waals surface area contributed by atoms with Crippen molar-refractivity contribution >= 4 is 11.3 Å². The van der Waals surface area contributed by atoms with Gasteiger partial charge >= 0.3 is 0 Å². The Kier molecular flexibility index (Phi) is 3.46. The highest BCUT2D eigenvalue weighted by atomic mass is 15.1. The summed E-state index contributed by atoms with van der Waals surface area (Å²) >= 11 is 0. The molecule has 0 saturated heterocycles. The van der Waals surface area contributed by atoms with Gasteiger partial charge < -0.3 is 4.90 Å². The first-order valence-corrected chi connectivity index (χ1v) is 7.73. The summed E-state index contributed by atoms with van der Waals surface area (Å²) in [5, 5.41) is 0. The highest BCUT2D eigenvalue weighted by Crippen LogP contribution is 2.26. The van der Waals surface area contributed by atoms with Crippen molar-refractivity contribution in [2.45, 2.75) is 0 Å². The quantitative estimate of drug-likeness (QED) is 0.580. The molecule has 0 radical (unpaired) electrons. The highest BCUT2D eigenvalue weighted by molar-refractivity contribution is 5.69. The van der Waals surface area contributed by atoms with Gasteiger partial charge in [0.25, 0.3) is 0 Å². The predicted molar refractivity (Wildman–Crippen MR) is 96.0 cm³/mol. The molecule has 4 aromatic rings. The van der Waals surface area contributed by atoms with Crippen LogP contribution < -0.4 is 4.90 Å². The van der Waals surface area contributed by atoms with Crippen LogP contribution in [0.3, 0.4) is 0 Å². The predicted octanol–water partition coefficient (Wildman–Crippen LogP) is 3.52. The maximum Gasteiger partial charge on any atom is 0.155 e. The first-order valence-electron chi connectivity index (χ1n) is 7.73. The minimum absolute atomic E-state index is 0.827. The molecule has 0 spiro atoms. The molecule has 5 heteroatoms. The third-order valence-electron chi connectivity index (χ3n) is 4.01. The summed E-state index contributed by atoms with van der Waals surface area (Å²) < 4.78 is 2.07. The van der Waals surface area contributed by atoms with Crippen LogP contribution in [0.25, 0.3) is 28.2 Å². The molecular weight excluding hydrogens is 298 g/mol. The van der Waals surface area contributed by atoms with Crippen LogP contribution in [-0.4, -0.2) is 33.4 Å². The molecule has 0 unspecified atom stereocenters. The topological polar surface area (TPSA) is 46.3 Å². The third-order valence-corrected chi connectivity index (χ3v) is 4.01. The van der Waals surface area contributed by atoms with E-state index in [1.54, 1.807) is 12.4 Å². The van der Waals surface area contributed by atoms with Gasteiger partial charge in [0.15, 0.2) is 5.65 Å². The second-order valence-electron chi connectivity index (χ2n) is 5.83. The molecule has 0 N–H and O–H groups in total. The van der Waals surface area contributed by atoms with Crippen molar-refractivity contribution in [3.05, 3.63) is 67.4 Å². The van der Waals surface area contributed by atoms with Gasteiger partial charge in [-0.3, -0.25) is 14.4 Å². The minimum atomic E-state index is 0.827. The molecule has 0 aliphatic carbocycles. The fraction of sp³-hybridized carbons (Fsp3) is 0.105. The van der Waals surface area contributed by atoms with Crippen LogP contribution in [0.1, 0.15) is 0 Å². The fourth-order valence-corrected chi connectivity index (χ4v) is 2.71. The Morgan fingerprint density at radius 3 is 2.58 bits per heavy atom. The average Bonchev–Trinajstić information content (AvgIpc) is 3.05. The van der Waals surface area contributed by atoms with Crippen LogP contribution in [0.15, 0.2) is 67.4 Å². The van der Waals surface area contributed by atoms with Gasteiger partial charge in [0.2, 0.25) is 0 Å². The molecule has 4 rings (SSSR count). The van der Waals surface area contributed by atoms with Crippen molar-refractivity contribution < 1.29 is 0 Å². The molecule has 0 aliphatic rings. The number of pyridine rings is 1. The van der Waals surface area contributed by atoms with E-state index in [4.69, 9.17) is 0 Å². The van der Waals surface area contributed by atoms with E-state index in [-0.39, 0.29) is 0 Å². The summed E-state index contributed by atoms with van der Waals surface area (Å²) in [6.07, 6.45) is 9.27. The molecule has 0 saturated carbocycles. The summed E-state index contributed by atoms with van der Waals surface area (Å²) in [7, 11) is 4.08. The van der Waals surface area contributed by atoms with Crippen LogP contribution in [-0.2, 0) is 0 Å². The molecule has 3 aromatic heterocycles. The van der Waals surface area contributed by atoms with Gasteiger partial charge in [0.1, 0.15) is 0 Å². The Labute approximate surface area is 140 Å². The number of anilines is 1.